The molecule has 0 radical (unpaired) electrons. The standard InChI is InChI=1S/C45H66N4O12/c1-25-10-12-31-27(3)35(54-40-44(31)29(25)16-18-42(5,56-40)58-60-44)9-8-22-49(39(52)33-23-46-20-21-47-33)34(38(51)48-24-37(50)53-7)14-15-36-28(4)32-13-11-26(2)30-17-19-43(6)57-41(55-36)45(30,32)61-59-43/h20-21,23,25-32,34-36,40-41H,8-19,22,24H2,1-7H3,(H,48,51)/t25-,26-,27-,28-,29+,30+,31+,32+,34?,35-,36-,40-,41-,42-,43-,44-,45-/m1/s1. The van der Waals surface area contributed by atoms with Gasteiger partial charge in [-0.2, -0.15) is 0 Å². The first-order chi connectivity index (χ1) is 29.2. The first-order valence-corrected chi connectivity index (χ1v) is 23.0. The van der Waals surface area contributed by atoms with Crippen LogP contribution in [0.4, 0.5) is 0 Å². The van der Waals surface area contributed by atoms with Crippen molar-refractivity contribution in [1.29, 1.82) is 0 Å². The minimum atomic E-state index is -0.978. The molecule has 16 nitrogen and oxygen atoms in total. The maximum absolute atomic E-state index is 14.6. The lowest BCUT2D eigenvalue weighted by atomic mass is 9.57. The lowest BCUT2D eigenvalue weighted by molar-refractivity contribution is -0.571. The zero-order valence-electron chi connectivity index (χ0n) is 36.9. The van der Waals surface area contributed by atoms with E-state index in [0.29, 0.717) is 37.5 Å². The number of carbonyl (C=O) groups is 3. The van der Waals surface area contributed by atoms with E-state index in [-0.39, 0.29) is 72.9 Å². The maximum Gasteiger partial charge on any atom is 0.325 e. The monoisotopic (exact) mass is 854 g/mol. The Morgan fingerprint density at radius 2 is 1.36 bits per heavy atom. The number of fused-ring (bicyclic) bond motifs is 4. The van der Waals surface area contributed by atoms with Gasteiger partial charge in [0.2, 0.25) is 17.5 Å². The van der Waals surface area contributed by atoms with Crippen molar-refractivity contribution in [1.82, 2.24) is 20.2 Å². The molecule has 10 aliphatic rings. The van der Waals surface area contributed by atoms with Crippen LogP contribution in [0.25, 0.3) is 0 Å². The molecule has 0 aromatic carbocycles. The van der Waals surface area contributed by atoms with Crippen LogP contribution < -0.4 is 5.32 Å². The summed E-state index contributed by atoms with van der Waals surface area (Å²) < 4.78 is 31.9. The third kappa shape index (κ3) is 7.42. The third-order valence-electron chi connectivity index (χ3n) is 16.6. The van der Waals surface area contributed by atoms with Gasteiger partial charge in [-0.15, -0.1) is 0 Å². The number of aromatic nitrogens is 2. The molecular weight excluding hydrogens is 789 g/mol. The average molecular weight is 855 g/mol. The topological polar surface area (TPSA) is 175 Å². The van der Waals surface area contributed by atoms with Gasteiger partial charge >= 0.3 is 5.97 Å². The van der Waals surface area contributed by atoms with E-state index in [2.05, 4.69) is 43.0 Å². The molecule has 1 aromatic heterocycles. The summed E-state index contributed by atoms with van der Waals surface area (Å²) >= 11 is 0. The quantitative estimate of drug-likeness (QED) is 0.202. The molecular formula is C45H66N4O12. The molecule has 2 amide bonds. The number of hydrogen-bond donors (Lipinski definition) is 1. The number of hydrogen-bond acceptors (Lipinski definition) is 14. The highest BCUT2D eigenvalue weighted by Crippen LogP contribution is 2.62. The number of ether oxygens (including phenoxy) is 5. The molecule has 16 heteroatoms. The summed E-state index contributed by atoms with van der Waals surface area (Å²) in [6.45, 7) is 12.7. The predicted molar refractivity (Wildman–Crippen MR) is 214 cm³/mol. The molecule has 1 N–H and O–H groups in total. The molecule has 2 aliphatic carbocycles. The number of methoxy groups -OCH3 is 1. The Morgan fingerprint density at radius 3 is 1.90 bits per heavy atom. The Hall–Kier alpha value is -2.83. The first-order valence-electron chi connectivity index (χ1n) is 23.0. The molecule has 8 saturated heterocycles. The van der Waals surface area contributed by atoms with Gasteiger partial charge in [0.05, 0.1) is 25.5 Å². The van der Waals surface area contributed by atoms with Crippen LogP contribution in [-0.2, 0) is 52.8 Å². The van der Waals surface area contributed by atoms with Crippen LogP contribution in [0.1, 0.15) is 129 Å². The minimum absolute atomic E-state index is 0.0394. The second-order valence-corrected chi connectivity index (χ2v) is 20.0. The Kier molecular flexibility index (Phi) is 11.8. The summed E-state index contributed by atoms with van der Waals surface area (Å²) in [6.07, 6.45) is 11.9. The summed E-state index contributed by atoms with van der Waals surface area (Å²) in [7, 11) is 1.27. The second-order valence-electron chi connectivity index (χ2n) is 20.0. The Labute approximate surface area is 358 Å². The van der Waals surface area contributed by atoms with Crippen LogP contribution in [-0.4, -0.2) is 106 Å². The smallest absolute Gasteiger partial charge is 0.325 e. The van der Waals surface area contributed by atoms with Gasteiger partial charge in [-0.25, -0.2) is 24.5 Å². The fourth-order valence-corrected chi connectivity index (χ4v) is 13.1. The van der Waals surface area contributed by atoms with Gasteiger partial charge in [-0.1, -0.05) is 27.7 Å². The Morgan fingerprint density at radius 1 is 0.787 bits per heavy atom. The van der Waals surface area contributed by atoms with Gasteiger partial charge in [-0.3, -0.25) is 19.4 Å². The van der Waals surface area contributed by atoms with Gasteiger partial charge in [0.15, 0.2) is 23.8 Å². The highest BCUT2D eigenvalue weighted by Gasteiger charge is 2.70. The van der Waals surface area contributed by atoms with E-state index in [1.54, 1.807) is 4.90 Å². The van der Waals surface area contributed by atoms with Crippen LogP contribution in [0, 0.1) is 47.3 Å². The predicted octanol–water partition coefficient (Wildman–Crippen LogP) is 5.64. The van der Waals surface area contributed by atoms with Crippen LogP contribution in [0.5, 0.6) is 0 Å². The molecule has 9 heterocycles. The van der Waals surface area contributed by atoms with Gasteiger partial charge in [0, 0.05) is 43.6 Å². The molecule has 17 atom stereocenters. The summed E-state index contributed by atoms with van der Waals surface area (Å²) in [5, 5.41) is 2.76. The number of rotatable bonds is 12. The van der Waals surface area contributed by atoms with Gasteiger partial charge in [0.25, 0.3) is 5.91 Å². The lowest BCUT2D eigenvalue weighted by Crippen LogP contribution is -2.70. The molecule has 1 aromatic rings. The van der Waals surface area contributed by atoms with Gasteiger partial charge in [-0.05, 0) is 114 Å². The molecule has 2 spiro atoms. The molecule has 1 unspecified atom stereocenters. The fraction of sp³-hybridized carbons (Fsp3) is 0.844. The lowest BCUT2D eigenvalue weighted by Gasteiger charge is -2.60. The van der Waals surface area contributed by atoms with Crippen molar-refractivity contribution in [2.24, 2.45) is 47.3 Å². The van der Waals surface area contributed by atoms with Crippen molar-refractivity contribution in [3.8, 4) is 0 Å². The van der Waals surface area contributed by atoms with E-state index < -0.39 is 59.2 Å². The third-order valence-corrected chi connectivity index (χ3v) is 16.6. The van der Waals surface area contributed by atoms with E-state index >= 15 is 0 Å². The summed E-state index contributed by atoms with van der Waals surface area (Å²) in [4.78, 5) is 76.2. The van der Waals surface area contributed by atoms with Crippen molar-refractivity contribution in [2.45, 2.75) is 172 Å². The number of esters is 1. The Bertz CT molecular complexity index is 1790. The summed E-state index contributed by atoms with van der Waals surface area (Å²) in [5.74, 6) is -1.51. The maximum atomic E-state index is 14.6. The molecule has 8 aliphatic heterocycles. The molecule has 10 fully saturated rings. The Balaban J connectivity index is 0.961. The molecule has 2 saturated carbocycles. The highest BCUT2D eigenvalue weighted by molar-refractivity contribution is 5.96. The zero-order chi connectivity index (χ0) is 42.9. The largest absolute Gasteiger partial charge is 0.468 e. The minimum Gasteiger partial charge on any atom is -0.468 e. The number of carbonyl (C=O) groups excluding carboxylic acids is 3. The van der Waals surface area contributed by atoms with Crippen molar-refractivity contribution >= 4 is 17.8 Å². The average Bonchev–Trinajstić information content (AvgIpc) is 3.63. The normalized spacial score (nSPS) is 45.0. The zero-order valence-corrected chi connectivity index (χ0v) is 36.9. The SMILES string of the molecule is COC(=O)CNC(=O)C(CC[C@H]1O[C@@H]2O[C@@]3(C)CC[C@H]4[C@H](C)CC[C@@H]([C@H]1C)[C@@]24OO3)N(CCC[C@H]1O[C@@H]2O[C@@]3(C)CC[C@H]4[C@H](C)CC[C@@H]([C@H]1C)[C@@]24OO3)C(=O)c1cnccn1. The first kappa shape index (κ1) is 43.4. The van der Waals surface area contributed by atoms with E-state index in [1.165, 1.54) is 25.7 Å². The number of nitrogens with zero attached hydrogens (tertiary/aromatic N) is 3. The fourth-order valence-electron chi connectivity index (χ4n) is 13.1. The molecule has 338 valence electrons. The number of amides is 2. The van der Waals surface area contributed by atoms with Crippen molar-refractivity contribution in [3.63, 3.8) is 0 Å². The van der Waals surface area contributed by atoms with E-state index in [1.807, 2.05) is 13.8 Å². The van der Waals surface area contributed by atoms with Crippen LogP contribution in [0.2, 0.25) is 0 Å². The van der Waals surface area contributed by atoms with Gasteiger partial charge < -0.3 is 33.9 Å². The van der Waals surface area contributed by atoms with E-state index in [0.717, 1.165) is 44.9 Å². The van der Waals surface area contributed by atoms with Crippen molar-refractivity contribution in [2.75, 3.05) is 20.2 Å². The van der Waals surface area contributed by atoms with Crippen molar-refractivity contribution in [3.05, 3.63) is 24.3 Å². The van der Waals surface area contributed by atoms with E-state index in [9.17, 15) is 14.4 Å². The summed E-state index contributed by atoms with van der Waals surface area (Å²) in [6, 6.07) is -0.978. The second kappa shape index (κ2) is 16.6. The summed E-state index contributed by atoms with van der Waals surface area (Å²) in [5.41, 5.74) is -1.28. The molecule has 11 rings (SSSR count). The van der Waals surface area contributed by atoms with Crippen LogP contribution in [0.15, 0.2) is 18.6 Å². The van der Waals surface area contributed by atoms with Crippen LogP contribution in [0.3, 0.4) is 0 Å². The molecule has 4 bridgehead atoms. The van der Waals surface area contributed by atoms with Gasteiger partial charge in [0.1, 0.15) is 18.3 Å². The van der Waals surface area contributed by atoms with E-state index in [4.69, 9.17) is 43.2 Å². The van der Waals surface area contributed by atoms with Crippen LogP contribution >= 0.6 is 0 Å². The number of nitrogens with one attached hydrogen (secondary N) is 1. The van der Waals surface area contributed by atoms with Crippen molar-refractivity contribution < 1.29 is 57.6 Å². The highest BCUT2D eigenvalue weighted by atomic mass is 17.3. The molecule has 61 heavy (non-hydrogen) atoms.